The minimum atomic E-state index is -4.30. The number of sulfonamides is 1. The maximum Gasteiger partial charge on any atom is 0.264 e. The summed E-state index contributed by atoms with van der Waals surface area (Å²) in [4.78, 5) is 28.0. The summed E-state index contributed by atoms with van der Waals surface area (Å²) in [5.41, 5.74) is 1.29. The van der Waals surface area contributed by atoms with E-state index in [4.69, 9.17) is 46.4 Å². The van der Waals surface area contributed by atoms with Crippen molar-refractivity contribution in [3.05, 3.63) is 91.9 Å². The summed E-state index contributed by atoms with van der Waals surface area (Å²) in [5, 5.41) is 3.46. The minimum absolute atomic E-state index is 0.0156. The van der Waals surface area contributed by atoms with Crippen molar-refractivity contribution in [1.82, 2.24) is 10.2 Å². The van der Waals surface area contributed by atoms with Crippen molar-refractivity contribution >= 4 is 73.9 Å². The molecule has 0 saturated carbocycles. The molecule has 0 unspecified atom stereocenters. The molecule has 0 aliphatic heterocycles. The number of anilines is 1. The van der Waals surface area contributed by atoms with E-state index in [1.165, 1.54) is 42.3 Å². The van der Waals surface area contributed by atoms with Gasteiger partial charge in [-0.3, -0.25) is 13.9 Å². The molecule has 3 aromatic rings. The molecule has 0 heterocycles. The third-order valence-electron chi connectivity index (χ3n) is 6.09. The van der Waals surface area contributed by atoms with Gasteiger partial charge in [0.25, 0.3) is 10.0 Å². The van der Waals surface area contributed by atoms with Crippen LogP contribution in [0.1, 0.15) is 24.5 Å². The molecule has 1 atom stereocenters. The number of amides is 2. The number of hydrogen-bond donors (Lipinski definition) is 1. The van der Waals surface area contributed by atoms with Crippen molar-refractivity contribution < 1.29 is 18.0 Å². The Hall–Kier alpha value is -2.49. The van der Waals surface area contributed by atoms with Crippen LogP contribution < -0.4 is 9.62 Å². The van der Waals surface area contributed by atoms with E-state index in [0.717, 1.165) is 9.87 Å². The predicted molar refractivity (Wildman–Crippen MR) is 157 cm³/mol. The Kier molecular flexibility index (Phi) is 10.5. The molecule has 0 spiro atoms. The second kappa shape index (κ2) is 13.2. The molecule has 3 rings (SSSR count). The van der Waals surface area contributed by atoms with Crippen molar-refractivity contribution in [3.8, 4) is 0 Å². The fraction of sp³-hybridized carbons (Fsp3) is 0.259. The molecule has 39 heavy (non-hydrogen) atoms. The van der Waals surface area contributed by atoms with Crippen LogP contribution in [0.25, 0.3) is 0 Å². The number of benzene rings is 3. The lowest BCUT2D eigenvalue weighted by molar-refractivity contribution is -0.140. The van der Waals surface area contributed by atoms with Gasteiger partial charge < -0.3 is 10.2 Å². The smallest absolute Gasteiger partial charge is 0.264 e. The van der Waals surface area contributed by atoms with Crippen LogP contribution in [-0.2, 0) is 26.2 Å². The lowest BCUT2D eigenvalue weighted by Gasteiger charge is -2.33. The second-order valence-corrected chi connectivity index (χ2v) is 12.2. The van der Waals surface area contributed by atoms with Gasteiger partial charge in [0.15, 0.2) is 0 Å². The summed E-state index contributed by atoms with van der Waals surface area (Å²) < 4.78 is 28.7. The molecule has 0 bridgehead atoms. The first-order chi connectivity index (χ1) is 18.4. The zero-order valence-corrected chi connectivity index (χ0v) is 25.3. The molecule has 1 N–H and O–H groups in total. The fourth-order valence-corrected chi connectivity index (χ4v) is 6.35. The number of carbonyl (C=O) groups is 2. The average molecular weight is 631 g/mol. The third-order valence-corrected chi connectivity index (χ3v) is 9.12. The van der Waals surface area contributed by atoms with Crippen molar-refractivity contribution in [3.63, 3.8) is 0 Å². The third kappa shape index (κ3) is 7.18. The van der Waals surface area contributed by atoms with Crippen LogP contribution in [0.2, 0.25) is 20.1 Å². The number of hydrogen-bond acceptors (Lipinski definition) is 4. The summed E-state index contributed by atoms with van der Waals surface area (Å²) >= 11 is 25.4. The van der Waals surface area contributed by atoms with Crippen LogP contribution in [0.5, 0.6) is 0 Å². The van der Waals surface area contributed by atoms with Gasteiger partial charge in [-0.05, 0) is 55.8 Å². The number of likely N-dealkylation sites (N-methyl/N-ethyl adjacent to an activating group) is 1. The van der Waals surface area contributed by atoms with Crippen LogP contribution >= 0.6 is 46.4 Å². The lowest BCUT2D eigenvalue weighted by atomic mass is 10.1. The van der Waals surface area contributed by atoms with E-state index >= 15 is 0 Å². The van der Waals surface area contributed by atoms with Gasteiger partial charge in [-0.25, -0.2) is 8.42 Å². The van der Waals surface area contributed by atoms with Crippen molar-refractivity contribution in [2.24, 2.45) is 0 Å². The molecule has 3 aromatic carbocycles. The van der Waals surface area contributed by atoms with Crippen molar-refractivity contribution in [2.75, 3.05) is 17.9 Å². The Morgan fingerprint density at radius 2 is 1.54 bits per heavy atom. The Labute approximate surface area is 248 Å². The minimum Gasteiger partial charge on any atom is -0.357 e. The summed E-state index contributed by atoms with van der Waals surface area (Å²) in [6.07, 6.45) is 0.246. The van der Waals surface area contributed by atoms with Crippen molar-refractivity contribution in [2.45, 2.75) is 37.8 Å². The molecule has 0 saturated heterocycles. The Morgan fingerprint density at radius 1 is 0.923 bits per heavy atom. The molecule has 0 fully saturated rings. The van der Waals surface area contributed by atoms with Crippen LogP contribution in [-0.4, -0.2) is 44.8 Å². The van der Waals surface area contributed by atoms with Gasteiger partial charge in [0.2, 0.25) is 11.8 Å². The highest BCUT2D eigenvalue weighted by atomic mass is 35.5. The van der Waals surface area contributed by atoms with Gasteiger partial charge in [-0.2, -0.15) is 0 Å². The van der Waals surface area contributed by atoms with Gasteiger partial charge in [0, 0.05) is 34.2 Å². The zero-order chi connectivity index (χ0) is 28.9. The fourth-order valence-electron chi connectivity index (χ4n) is 3.97. The van der Waals surface area contributed by atoms with E-state index in [9.17, 15) is 18.0 Å². The first-order valence-electron chi connectivity index (χ1n) is 11.9. The van der Waals surface area contributed by atoms with Crippen LogP contribution in [0, 0.1) is 6.92 Å². The topological polar surface area (TPSA) is 86.8 Å². The van der Waals surface area contributed by atoms with E-state index in [0.29, 0.717) is 15.6 Å². The maximum absolute atomic E-state index is 14.0. The number of nitrogens with zero attached hydrogens (tertiary/aromatic N) is 2. The highest BCUT2D eigenvalue weighted by molar-refractivity contribution is 7.92. The molecular weight excluding hydrogens is 604 g/mol. The summed E-state index contributed by atoms with van der Waals surface area (Å²) in [5.74, 6) is -1.10. The van der Waals surface area contributed by atoms with Crippen molar-refractivity contribution in [1.29, 1.82) is 0 Å². The van der Waals surface area contributed by atoms with Crippen LogP contribution in [0.3, 0.4) is 0 Å². The number of rotatable bonds is 10. The molecular formula is C27H27Cl4N3O4S. The summed E-state index contributed by atoms with van der Waals surface area (Å²) in [7, 11) is -2.84. The first-order valence-corrected chi connectivity index (χ1v) is 14.8. The molecule has 2 amide bonds. The molecule has 12 heteroatoms. The number of nitrogens with one attached hydrogen (secondary N) is 1. The molecule has 208 valence electrons. The van der Waals surface area contributed by atoms with Gasteiger partial charge in [0.05, 0.1) is 15.6 Å². The number of carbonyl (C=O) groups excluding carboxylic acids is 2. The standard InChI is InChI=1S/C27H27Cl4N3O4S/c1-4-24(27(36)32-3)33(15-20-21(29)6-5-7-22(20)30)26(35)16-34(25-14-18(28)10-13-23(25)31)39(37,38)19-11-8-17(2)9-12-19/h5-14,24H,4,15-16H2,1-3H3,(H,32,36)/t24-/m0/s1. The Bertz CT molecular complexity index is 1450. The largest absolute Gasteiger partial charge is 0.357 e. The highest BCUT2D eigenvalue weighted by Gasteiger charge is 2.34. The lowest BCUT2D eigenvalue weighted by Crippen LogP contribution is -2.51. The quantitative estimate of drug-likeness (QED) is 0.283. The van der Waals surface area contributed by atoms with Gasteiger partial charge in [-0.15, -0.1) is 0 Å². The summed E-state index contributed by atoms with van der Waals surface area (Å²) in [6.45, 7) is 2.76. The normalized spacial score (nSPS) is 12.1. The molecule has 0 aliphatic carbocycles. The molecule has 0 aromatic heterocycles. The second-order valence-electron chi connectivity index (χ2n) is 8.68. The average Bonchev–Trinajstić information content (AvgIpc) is 2.90. The Morgan fingerprint density at radius 3 is 2.10 bits per heavy atom. The van der Waals surface area contributed by atoms with Gasteiger partial charge in [-0.1, -0.05) is 77.1 Å². The number of aryl methyl sites for hydroxylation is 1. The molecule has 0 aliphatic rings. The van der Waals surface area contributed by atoms with Crippen LogP contribution in [0.15, 0.2) is 65.6 Å². The highest BCUT2D eigenvalue weighted by Crippen LogP contribution is 2.34. The van der Waals surface area contributed by atoms with E-state index < -0.39 is 34.4 Å². The maximum atomic E-state index is 14.0. The van der Waals surface area contributed by atoms with Crippen LogP contribution in [0.4, 0.5) is 5.69 Å². The Balaban J connectivity index is 2.14. The first kappa shape index (κ1) is 31.0. The monoisotopic (exact) mass is 629 g/mol. The SMILES string of the molecule is CC[C@@H](C(=O)NC)N(Cc1c(Cl)cccc1Cl)C(=O)CN(c1cc(Cl)ccc1Cl)S(=O)(=O)c1ccc(C)cc1. The zero-order valence-electron chi connectivity index (χ0n) is 21.4. The molecule has 7 nitrogen and oxygen atoms in total. The molecule has 0 radical (unpaired) electrons. The van der Waals surface area contributed by atoms with E-state index in [1.807, 2.05) is 6.92 Å². The van der Waals surface area contributed by atoms with Gasteiger partial charge >= 0.3 is 0 Å². The van der Waals surface area contributed by atoms with Gasteiger partial charge in [0.1, 0.15) is 12.6 Å². The van der Waals surface area contributed by atoms with E-state index in [2.05, 4.69) is 5.32 Å². The number of halogens is 4. The van der Waals surface area contributed by atoms with E-state index in [1.54, 1.807) is 37.3 Å². The van der Waals surface area contributed by atoms with E-state index in [-0.39, 0.29) is 33.6 Å². The summed E-state index contributed by atoms with van der Waals surface area (Å²) in [6, 6.07) is 14.5. The predicted octanol–water partition coefficient (Wildman–Crippen LogP) is 6.36.